The normalized spacial score (nSPS) is 13.4. The minimum absolute atomic E-state index is 0.348. The molecule has 1 aliphatic rings. The second-order valence-corrected chi connectivity index (χ2v) is 10.4. The number of hydrogen-bond donors (Lipinski definition) is 0. The molecule has 0 saturated heterocycles. The van der Waals surface area contributed by atoms with Crippen molar-refractivity contribution in [2.45, 2.75) is 33.2 Å². The summed E-state index contributed by atoms with van der Waals surface area (Å²) < 4.78 is 32.5. The van der Waals surface area contributed by atoms with Crippen LogP contribution in [0.25, 0.3) is 0 Å². The number of sulfonamides is 1. The van der Waals surface area contributed by atoms with Crippen LogP contribution in [0.2, 0.25) is 0 Å². The van der Waals surface area contributed by atoms with Crippen LogP contribution in [-0.2, 0) is 27.7 Å². The van der Waals surface area contributed by atoms with Gasteiger partial charge >= 0.3 is 5.97 Å². The summed E-state index contributed by atoms with van der Waals surface area (Å²) in [4.78, 5) is 25.5. The van der Waals surface area contributed by atoms with Gasteiger partial charge in [0.25, 0.3) is 0 Å². The Labute approximate surface area is 199 Å². The van der Waals surface area contributed by atoms with Gasteiger partial charge < -0.3 is 4.74 Å². The summed E-state index contributed by atoms with van der Waals surface area (Å²) in [5.41, 5.74) is 4.41. The number of aromatic nitrogens is 2. The molecule has 9 heteroatoms. The first-order valence-electron chi connectivity index (χ1n) is 11.0. The molecule has 0 amide bonds. The first kappa shape index (κ1) is 23.7. The van der Waals surface area contributed by atoms with Gasteiger partial charge in [0.15, 0.2) is 12.4 Å². The molecule has 0 radical (unpaired) electrons. The number of ether oxygens (including phenoxy) is 1. The molecule has 1 aliphatic heterocycles. The number of carbonyl (C=O) groups excluding carboxylic acids is 2. The summed E-state index contributed by atoms with van der Waals surface area (Å²) in [7, 11) is -3.38. The third-order valence-electron chi connectivity index (χ3n) is 5.97. The van der Waals surface area contributed by atoms with E-state index in [1.165, 1.54) is 10.6 Å². The molecule has 2 aromatic carbocycles. The maximum Gasteiger partial charge on any atom is 0.342 e. The van der Waals surface area contributed by atoms with Crippen LogP contribution < -0.4 is 4.31 Å². The van der Waals surface area contributed by atoms with Crippen LogP contribution in [0, 0.1) is 13.8 Å². The fraction of sp³-hybridized carbons (Fsp3) is 0.320. The SMILES string of the molecule is Cc1nn(Cc2ccccc2)c(C)c1C(=O)OCC(=O)c1ccc2c(c1)CCCN2S(C)(=O)=O. The molecule has 34 heavy (non-hydrogen) atoms. The average molecular weight is 482 g/mol. The first-order chi connectivity index (χ1) is 16.1. The largest absolute Gasteiger partial charge is 0.454 e. The molecule has 0 fully saturated rings. The fourth-order valence-corrected chi connectivity index (χ4v) is 5.27. The summed E-state index contributed by atoms with van der Waals surface area (Å²) in [6.07, 6.45) is 2.53. The highest BCUT2D eigenvalue weighted by atomic mass is 32.2. The quantitative estimate of drug-likeness (QED) is 0.379. The van der Waals surface area contributed by atoms with Crippen LogP contribution in [0.1, 0.15) is 49.7 Å². The molecule has 2 heterocycles. The van der Waals surface area contributed by atoms with Crippen molar-refractivity contribution >= 4 is 27.5 Å². The fourth-order valence-electron chi connectivity index (χ4n) is 4.27. The van der Waals surface area contributed by atoms with E-state index in [4.69, 9.17) is 4.74 Å². The molecule has 0 bridgehead atoms. The number of ketones is 1. The van der Waals surface area contributed by atoms with Crippen molar-refractivity contribution in [3.8, 4) is 0 Å². The van der Waals surface area contributed by atoms with Gasteiger partial charge in [-0.1, -0.05) is 30.3 Å². The topological polar surface area (TPSA) is 98.6 Å². The van der Waals surface area contributed by atoms with E-state index in [0.717, 1.165) is 11.1 Å². The number of fused-ring (bicyclic) bond motifs is 1. The summed E-state index contributed by atoms with van der Waals surface area (Å²) >= 11 is 0. The Morgan fingerprint density at radius 3 is 2.53 bits per heavy atom. The lowest BCUT2D eigenvalue weighted by Gasteiger charge is -2.29. The van der Waals surface area contributed by atoms with Crippen molar-refractivity contribution in [1.29, 1.82) is 0 Å². The molecule has 0 unspecified atom stereocenters. The highest BCUT2D eigenvalue weighted by Crippen LogP contribution is 2.30. The van der Waals surface area contributed by atoms with Gasteiger partial charge in [-0.3, -0.25) is 13.8 Å². The second-order valence-electron chi connectivity index (χ2n) is 8.47. The highest BCUT2D eigenvalue weighted by Gasteiger charge is 2.25. The standard InChI is InChI=1S/C25H27N3O5S/c1-17-24(18(2)27(26-17)15-19-8-5-4-6-9-19)25(30)33-16-23(29)21-11-12-22-20(14-21)10-7-13-28(22)34(3,31)32/h4-6,8-9,11-12,14H,7,10,13,15-16H2,1-3H3. The molecular weight excluding hydrogens is 454 g/mol. The van der Waals surface area contributed by atoms with E-state index in [1.807, 2.05) is 30.3 Å². The van der Waals surface area contributed by atoms with Crippen molar-refractivity contribution in [2.24, 2.45) is 0 Å². The average Bonchev–Trinajstić information content (AvgIpc) is 3.09. The number of benzene rings is 2. The Bertz CT molecular complexity index is 1350. The van der Waals surface area contributed by atoms with E-state index in [2.05, 4.69) is 5.10 Å². The van der Waals surface area contributed by atoms with Gasteiger partial charge in [-0.2, -0.15) is 5.10 Å². The van der Waals surface area contributed by atoms with Gasteiger partial charge in [-0.05, 0) is 56.0 Å². The minimum Gasteiger partial charge on any atom is -0.454 e. The van der Waals surface area contributed by atoms with Crippen LogP contribution in [0.3, 0.4) is 0 Å². The van der Waals surface area contributed by atoms with Crippen molar-refractivity contribution < 1.29 is 22.7 Å². The molecule has 0 saturated carbocycles. The number of hydrogen-bond acceptors (Lipinski definition) is 6. The van der Waals surface area contributed by atoms with Crippen molar-refractivity contribution in [3.63, 3.8) is 0 Å². The van der Waals surface area contributed by atoms with E-state index >= 15 is 0 Å². The summed E-state index contributed by atoms with van der Waals surface area (Å²) in [5.74, 6) is -0.941. The zero-order chi connectivity index (χ0) is 24.5. The van der Waals surface area contributed by atoms with Gasteiger partial charge in [-0.25, -0.2) is 13.2 Å². The van der Waals surface area contributed by atoms with E-state index in [9.17, 15) is 18.0 Å². The van der Waals surface area contributed by atoms with Gasteiger partial charge in [0.05, 0.1) is 29.9 Å². The Morgan fingerprint density at radius 2 is 1.82 bits per heavy atom. The Balaban J connectivity index is 1.45. The molecule has 0 aliphatic carbocycles. The van der Waals surface area contributed by atoms with Crippen LogP contribution in [0.4, 0.5) is 5.69 Å². The zero-order valence-electron chi connectivity index (χ0n) is 19.4. The Kier molecular flexibility index (Phi) is 6.56. The maximum atomic E-state index is 12.8. The predicted octanol–water partition coefficient (Wildman–Crippen LogP) is 3.30. The van der Waals surface area contributed by atoms with Crippen molar-refractivity contribution in [3.05, 3.63) is 82.2 Å². The van der Waals surface area contributed by atoms with E-state index in [-0.39, 0.29) is 5.78 Å². The lowest BCUT2D eigenvalue weighted by atomic mass is 9.99. The number of aryl methyl sites for hydroxylation is 2. The molecule has 1 aromatic heterocycles. The lowest BCUT2D eigenvalue weighted by Crippen LogP contribution is -2.34. The zero-order valence-corrected chi connectivity index (χ0v) is 20.3. The molecule has 0 spiro atoms. The molecule has 178 valence electrons. The Morgan fingerprint density at radius 1 is 1.09 bits per heavy atom. The monoisotopic (exact) mass is 481 g/mol. The maximum absolute atomic E-state index is 12.8. The van der Waals surface area contributed by atoms with Gasteiger partial charge in [-0.15, -0.1) is 0 Å². The number of esters is 1. The Hall–Kier alpha value is -3.46. The van der Waals surface area contributed by atoms with Gasteiger partial charge in [0, 0.05) is 12.1 Å². The van der Waals surface area contributed by atoms with E-state index < -0.39 is 22.6 Å². The summed E-state index contributed by atoms with van der Waals surface area (Å²) in [6.45, 7) is 4.09. The summed E-state index contributed by atoms with van der Waals surface area (Å²) in [6, 6.07) is 14.7. The molecule has 4 rings (SSSR count). The van der Waals surface area contributed by atoms with Crippen LogP contribution in [0.5, 0.6) is 0 Å². The second kappa shape index (κ2) is 9.42. The van der Waals surface area contributed by atoms with Crippen LogP contribution in [-0.4, -0.2) is 49.4 Å². The molecule has 0 N–H and O–H groups in total. The first-order valence-corrected chi connectivity index (χ1v) is 12.9. The van der Waals surface area contributed by atoms with E-state index in [1.54, 1.807) is 36.7 Å². The molecule has 3 aromatic rings. The van der Waals surface area contributed by atoms with Gasteiger partial charge in [0.1, 0.15) is 5.56 Å². The highest BCUT2D eigenvalue weighted by molar-refractivity contribution is 7.92. The van der Waals surface area contributed by atoms with E-state index in [0.29, 0.717) is 54.1 Å². The number of carbonyl (C=O) groups is 2. The third kappa shape index (κ3) is 4.89. The number of nitrogens with zero attached hydrogens (tertiary/aromatic N) is 3. The number of anilines is 1. The molecule has 0 atom stereocenters. The van der Waals surface area contributed by atoms with Gasteiger partial charge in [0.2, 0.25) is 10.0 Å². The smallest absolute Gasteiger partial charge is 0.342 e. The summed E-state index contributed by atoms with van der Waals surface area (Å²) in [5, 5.41) is 4.46. The number of rotatable bonds is 7. The van der Waals surface area contributed by atoms with Crippen molar-refractivity contribution in [2.75, 3.05) is 23.7 Å². The van der Waals surface area contributed by atoms with Crippen LogP contribution >= 0.6 is 0 Å². The van der Waals surface area contributed by atoms with Crippen molar-refractivity contribution in [1.82, 2.24) is 9.78 Å². The minimum atomic E-state index is -3.38. The molecule has 8 nitrogen and oxygen atoms in total. The van der Waals surface area contributed by atoms with Crippen LogP contribution in [0.15, 0.2) is 48.5 Å². The lowest BCUT2D eigenvalue weighted by molar-refractivity contribution is 0.0473. The third-order valence-corrected chi connectivity index (χ3v) is 7.15. The predicted molar refractivity (Wildman–Crippen MR) is 129 cm³/mol. The number of Topliss-reactive ketones (excluding diaryl/α,β-unsaturated/α-hetero) is 1. The molecular formula is C25H27N3O5S.